The second kappa shape index (κ2) is 8.87. The molecule has 2 atom stereocenters. The number of carbonyl (C=O) groups excluding carboxylic acids is 1. The van der Waals surface area contributed by atoms with Crippen molar-refractivity contribution < 1.29 is 14.7 Å². The van der Waals surface area contributed by atoms with E-state index in [1.54, 1.807) is 11.0 Å². The molecule has 7 nitrogen and oxygen atoms in total. The van der Waals surface area contributed by atoms with Gasteiger partial charge in [0.25, 0.3) is 5.91 Å². The number of carboxylic acid groups (broad SMARTS) is 1. The fraction of sp³-hybridized carbons (Fsp3) is 0.385. The molecule has 1 fully saturated rings. The number of benzene rings is 1. The molecule has 8 heteroatoms. The highest BCUT2D eigenvalue weighted by Crippen LogP contribution is 2.38. The Hall–Kier alpha value is -3.19. The van der Waals surface area contributed by atoms with Crippen molar-refractivity contribution in [3.63, 3.8) is 0 Å². The molecule has 1 saturated heterocycles. The summed E-state index contributed by atoms with van der Waals surface area (Å²) < 4.78 is 0. The van der Waals surface area contributed by atoms with Crippen LogP contribution in [-0.2, 0) is 12.8 Å². The summed E-state index contributed by atoms with van der Waals surface area (Å²) in [6.45, 7) is 4.88. The first-order valence-corrected chi connectivity index (χ1v) is 12.0. The molecule has 0 radical (unpaired) electrons. The first-order valence-electron chi connectivity index (χ1n) is 11.6. The molecule has 3 aromatic rings. The number of fused-ring (bicyclic) bond motifs is 2. The molecule has 3 heterocycles. The number of aromatic nitrogens is 2. The largest absolute Gasteiger partial charge is 0.465 e. The molecule has 1 aromatic carbocycles. The summed E-state index contributed by atoms with van der Waals surface area (Å²) in [5, 5.41) is 10.9. The van der Waals surface area contributed by atoms with Crippen LogP contribution in [0.15, 0.2) is 36.5 Å². The van der Waals surface area contributed by atoms with Crippen molar-refractivity contribution in [1.82, 2.24) is 19.8 Å². The molecule has 34 heavy (non-hydrogen) atoms. The number of halogens is 1. The lowest BCUT2D eigenvalue weighted by molar-refractivity contribution is 0.0507. The zero-order valence-electron chi connectivity index (χ0n) is 19.3. The number of carbonyl (C=O) groups is 2. The van der Waals surface area contributed by atoms with Gasteiger partial charge >= 0.3 is 6.09 Å². The van der Waals surface area contributed by atoms with E-state index in [1.165, 1.54) is 10.5 Å². The molecule has 2 aliphatic rings. The van der Waals surface area contributed by atoms with E-state index in [0.717, 1.165) is 52.1 Å². The van der Waals surface area contributed by atoms with Crippen LogP contribution in [0.5, 0.6) is 0 Å². The highest BCUT2D eigenvalue weighted by Gasteiger charge is 2.30. The van der Waals surface area contributed by atoms with Crippen LogP contribution < -0.4 is 0 Å². The number of pyridine rings is 2. The Morgan fingerprint density at radius 3 is 2.74 bits per heavy atom. The van der Waals surface area contributed by atoms with Gasteiger partial charge in [-0.25, -0.2) is 4.79 Å². The Labute approximate surface area is 203 Å². The van der Waals surface area contributed by atoms with Gasteiger partial charge in [-0.1, -0.05) is 17.7 Å². The maximum atomic E-state index is 13.2. The van der Waals surface area contributed by atoms with Gasteiger partial charge in [-0.15, -0.1) is 0 Å². The first kappa shape index (κ1) is 22.6. The summed E-state index contributed by atoms with van der Waals surface area (Å²) in [7, 11) is 0. The summed E-state index contributed by atoms with van der Waals surface area (Å²) in [6, 6.07) is 9.47. The van der Waals surface area contributed by atoms with Crippen molar-refractivity contribution in [2.75, 3.05) is 19.6 Å². The number of rotatable bonds is 2. The van der Waals surface area contributed by atoms with E-state index < -0.39 is 6.09 Å². The number of piperazine rings is 1. The Bertz CT molecular complexity index is 1290. The number of nitrogens with zero attached hydrogens (tertiary/aromatic N) is 4. The van der Waals surface area contributed by atoms with Gasteiger partial charge in [0.05, 0.1) is 10.5 Å². The molecule has 0 bridgehead atoms. The Balaban J connectivity index is 1.43. The molecule has 1 aliphatic heterocycles. The third-order valence-corrected chi connectivity index (χ3v) is 7.52. The molecule has 1 aliphatic carbocycles. The fourth-order valence-corrected chi connectivity index (χ4v) is 5.60. The maximum absolute atomic E-state index is 13.2. The minimum Gasteiger partial charge on any atom is -0.465 e. The van der Waals surface area contributed by atoms with Gasteiger partial charge in [0.2, 0.25) is 0 Å². The van der Waals surface area contributed by atoms with Crippen LogP contribution in [0.4, 0.5) is 4.79 Å². The minimum absolute atomic E-state index is 0.112. The molecule has 1 unspecified atom stereocenters. The maximum Gasteiger partial charge on any atom is 0.407 e. The lowest BCUT2D eigenvalue weighted by Gasteiger charge is -2.38. The Morgan fingerprint density at radius 1 is 1.18 bits per heavy atom. The number of hydrogen-bond acceptors (Lipinski definition) is 4. The molecule has 2 aromatic heterocycles. The molecular weight excluding hydrogens is 452 g/mol. The van der Waals surface area contributed by atoms with Gasteiger partial charge < -0.3 is 14.9 Å². The van der Waals surface area contributed by atoms with Crippen LogP contribution in [0.3, 0.4) is 0 Å². The van der Waals surface area contributed by atoms with E-state index in [2.05, 4.69) is 17.1 Å². The fourth-order valence-electron chi connectivity index (χ4n) is 5.24. The van der Waals surface area contributed by atoms with Crippen molar-refractivity contribution in [2.24, 2.45) is 0 Å². The van der Waals surface area contributed by atoms with Crippen LogP contribution in [0.25, 0.3) is 10.9 Å². The van der Waals surface area contributed by atoms with Gasteiger partial charge in [-0.2, -0.15) is 0 Å². The van der Waals surface area contributed by atoms with Crippen LogP contribution >= 0.6 is 11.6 Å². The normalized spacial score (nSPS) is 20.3. The van der Waals surface area contributed by atoms with Gasteiger partial charge in [0.1, 0.15) is 0 Å². The summed E-state index contributed by atoms with van der Waals surface area (Å²) in [4.78, 5) is 36.9. The van der Waals surface area contributed by atoms with Gasteiger partial charge in [-0.05, 0) is 74.4 Å². The smallest absolute Gasteiger partial charge is 0.407 e. The summed E-state index contributed by atoms with van der Waals surface area (Å²) >= 11 is 6.82. The van der Waals surface area contributed by atoms with Crippen LogP contribution in [-0.4, -0.2) is 62.6 Å². The Morgan fingerprint density at radius 2 is 2.00 bits per heavy atom. The zero-order valence-corrected chi connectivity index (χ0v) is 20.0. The number of hydrogen-bond donors (Lipinski definition) is 1. The molecule has 176 valence electrons. The van der Waals surface area contributed by atoms with Crippen LogP contribution in [0, 0.1) is 6.92 Å². The van der Waals surface area contributed by atoms with Crippen molar-refractivity contribution in [2.45, 2.75) is 45.1 Å². The SMILES string of the molecule is Cc1cc(C2CCc3c(nc4cc(C(=O)N5CCN(C(=O)O)[C@H](C)C5)ccc4c3Cl)C2)ccn1. The third-order valence-electron chi connectivity index (χ3n) is 7.08. The van der Waals surface area contributed by atoms with Crippen LogP contribution in [0.1, 0.15) is 52.1 Å². The first-order chi connectivity index (χ1) is 16.3. The standard InChI is InChI=1S/C26H27ClN4O3/c1-15-11-18(7-8-28-15)17-3-5-20-22(12-17)29-23-13-19(4-6-21(23)24(20)27)25(32)30-9-10-31(26(33)34)16(2)14-30/h4,6-8,11,13,16-17H,3,5,9-10,12,14H2,1-2H3,(H,33,34)/t16-,17?/m1/s1. The molecule has 0 saturated carbocycles. The van der Waals surface area contributed by atoms with Crippen molar-refractivity contribution in [3.8, 4) is 0 Å². The summed E-state index contributed by atoms with van der Waals surface area (Å²) in [6.07, 6.45) is 3.60. The molecule has 2 amide bonds. The second-order valence-corrected chi connectivity index (χ2v) is 9.71. The van der Waals surface area contributed by atoms with E-state index >= 15 is 0 Å². The van der Waals surface area contributed by atoms with E-state index in [-0.39, 0.29) is 11.9 Å². The Kier molecular flexibility index (Phi) is 5.90. The van der Waals surface area contributed by atoms with Crippen molar-refractivity contribution >= 4 is 34.5 Å². The number of amides is 2. The van der Waals surface area contributed by atoms with Crippen LogP contribution in [0.2, 0.25) is 5.02 Å². The van der Waals surface area contributed by atoms with Gasteiger partial charge in [-0.3, -0.25) is 14.8 Å². The predicted octanol–water partition coefficient (Wildman–Crippen LogP) is 4.69. The third kappa shape index (κ3) is 4.09. The number of aryl methyl sites for hydroxylation is 1. The van der Waals surface area contributed by atoms with E-state index in [9.17, 15) is 14.7 Å². The summed E-state index contributed by atoms with van der Waals surface area (Å²) in [5.41, 5.74) is 5.65. The molecule has 0 spiro atoms. The lowest BCUT2D eigenvalue weighted by Crippen LogP contribution is -2.55. The van der Waals surface area contributed by atoms with E-state index in [0.29, 0.717) is 31.1 Å². The van der Waals surface area contributed by atoms with Gasteiger partial charge in [0, 0.05) is 54.2 Å². The molecule has 1 N–H and O–H groups in total. The zero-order chi connectivity index (χ0) is 24.0. The predicted molar refractivity (Wildman–Crippen MR) is 131 cm³/mol. The highest BCUT2D eigenvalue weighted by atomic mass is 35.5. The van der Waals surface area contributed by atoms with Gasteiger partial charge in [0.15, 0.2) is 0 Å². The lowest BCUT2D eigenvalue weighted by atomic mass is 9.82. The van der Waals surface area contributed by atoms with E-state index in [4.69, 9.17) is 16.6 Å². The van der Waals surface area contributed by atoms with E-state index in [1.807, 2.05) is 32.2 Å². The topological polar surface area (TPSA) is 86.6 Å². The van der Waals surface area contributed by atoms with Crippen molar-refractivity contribution in [1.29, 1.82) is 0 Å². The highest BCUT2D eigenvalue weighted by molar-refractivity contribution is 6.36. The minimum atomic E-state index is -0.950. The average Bonchev–Trinajstić information content (AvgIpc) is 2.82. The monoisotopic (exact) mass is 478 g/mol. The molecular formula is C26H27ClN4O3. The quantitative estimate of drug-likeness (QED) is 0.577. The summed E-state index contributed by atoms with van der Waals surface area (Å²) in [5.74, 6) is 0.256. The molecule has 5 rings (SSSR count). The average molecular weight is 479 g/mol. The van der Waals surface area contributed by atoms with Crippen molar-refractivity contribution in [3.05, 3.63) is 69.6 Å². The second-order valence-electron chi connectivity index (χ2n) is 9.33.